The molecule has 4 aliphatic rings. The topological polar surface area (TPSA) is 285 Å². The van der Waals surface area contributed by atoms with Crippen LogP contribution in [-0.4, -0.2) is 152 Å². The van der Waals surface area contributed by atoms with Crippen LogP contribution >= 0.6 is 11.3 Å². The van der Waals surface area contributed by atoms with Crippen LogP contribution in [0.2, 0.25) is 0 Å². The van der Waals surface area contributed by atoms with Crippen molar-refractivity contribution in [1.29, 1.82) is 0 Å². The molecular weight excluding hydrogens is 784 g/mol. The fourth-order valence-electron chi connectivity index (χ4n) is 8.47. The Balaban J connectivity index is 1.41. The van der Waals surface area contributed by atoms with Gasteiger partial charge in [0.05, 0.1) is 31.6 Å². The standard InChI is InChI=1S/C38H60N4O15S/c1-5-21-12-22(33(49)39-16-40-34(50)35-41-17(2)15-58-35)13-23(31(21)57-38-30(48)29(47)27(45)18(3)53-38)55-37-26(42-19(4)44)32(28(46)25(14-43)56-37)54-24(36(51)52)11-20-9-7-6-8-10-20/h15,18,20-32,37-38,43,45-48H,5-14,16H2,1-4H3,(H,39,49)(H,40,50)(H,42,44)(H,51,52)/t18-,21?,22?,23+,24-,25?,26?,27?,28-,29?,30-,31?,32?,37+,38?/m0/s1. The number of nitrogens with one attached hydrogen (secondary N) is 3. The molecule has 0 aromatic carbocycles. The lowest BCUT2D eigenvalue weighted by atomic mass is 9.75. The van der Waals surface area contributed by atoms with Crippen molar-refractivity contribution in [1.82, 2.24) is 20.9 Å². The first-order chi connectivity index (χ1) is 27.6. The predicted octanol–water partition coefficient (Wildman–Crippen LogP) is -0.319. The summed E-state index contributed by atoms with van der Waals surface area (Å²) in [5, 5.41) is 73.8. The highest BCUT2D eigenvalue weighted by Gasteiger charge is 2.53. The Morgan fingerprint density at radius 2 is 1.67 bits per heavy atom. The molecule has 4 fully saturated rings. The van der Waals surface area contributed by atoms with Gasteiger partial charge < -0.3 is 70.3 Å². The van der Waals surface area contributed by atoms with Gasteiger partial charge in [0.2, 0.25) is 11.8 Å². The van der Waals surface area contributed by atoms with E-state index in [2.05, 4.69) is 20.9 Å². The second-order valence-corrected chi connectivity index (χ2v) is 16.8. The number of rotatable bonds is 16. The molecule has 0 spiro atoms. The number of aliphatic carboxylic acids is 1. The number of aliphatic hydroxyl groups excluding tert-OH is 5. The van der Waals surface area contributed by atoms with E-state index in [9.17, 15) is 49.8 Å². The van der Waals surface area contributed by atoms with Gasteiger partial charge in [-0.1, -0.05) is 45.4 Å². The molecule has 328 valence electrons. The summed E-state index contributed by atoms with van der Waals surface area (Å²) in [6.45, 7) is 5.40. The van der Waals surface area contributed by atoms with Crippen LogP contribution in [0.15, 0.2) is 5.38 Å². The molecule has 9 N–H and O–H groups in total. The number of carboxylic acid groups (broad SMARTS) is 1. The fraction of sp³-hybridized carbons (Fsp3) is 0.816. The molecule has 3 amide bonds. The Bertz CT molecular complexity index is 1530. The smallest absolute Gasteiger partial charge is 0.332 e. The van der Waals surface area contributed by atoms with Crippen molar-refractivity contribution in [2.75, 3.05) is 13.3 Å². The lowest BCUT2D eigenvalue weighted by Gasteiger charge is -2.49. The van der Waals surface area contributed by atoms with Crippen molar-refractivity contribution in [3.63, 3.8) is 0 Å². The number of hydrogen-bond acceptors (Lipinski definition) is 16. The number of thiazole rings is 1. The Morgan fingerprint density at radius 3 is 2.29 bits per heavy atom. The van der Waals surface area contributed by atoms with Crippen molar-refractivity contribution in [3.8, 4) is 0 Å². The van der Waals surface area contributed by atoms with Gasteiger partial charge in [-0.2, -0.15) is 0 Å². The molecule has 2 aliphatic carbocycles. The van der Waals surface area contributed by atoms with Gasteiger partial charge in [0, 0.05) is 23.9 Å². The number of amides is 3. The number of carboxylic acids is 1. The number of hydrogen-bond donors (Lipinski definition) is 9. The van der Waals surface area contributed by atoms with Crippen LogP contribution in [-0.2, 0) is 38.1 Å². The van der Waals surface area contributed by atoms with Gasteiger partial charge in [0.1, 0.15) is 42.7 Å². The van der Waals surface area contributed by atoms with E-state index in [0.29, 0.717) is 12.1 Å². The molecular formula is C38H60N4O15S. The number of nitrogens with zero attached hydrogens (tertiary/aromatic N) is 1. The van der Waals surface area contributed by atoms with E-state index in [0.717, 1.165) is 32.1 Å². The maximum atomic E-state index is 13.7. The minimum Gasteiger partial charge on any atom is -0.479 e. The quantitative estimate of drug-likeness (QED) is 0.0965. The van der Waals surface area contributed by atoms with Crippen molar-refractivity contribution in [2.24, 2.45) is 17.8 Å². The van der Waals surface area contributed by atoms with E-state index in [-0.39, 0.29) is 36.9 Å². The van der Waals surface area contributed by atoms with Crippen LogP contribution in [0, 0.1) is 24.7 Å². The van der Waals surface area contributed by atoms with Crippen LogP contribution in [0.3, 0.4) is 0 Å². The minimum atomic E-state index is -1.67. The second kappa shape index (κ2) is 21.1. The number of carbonyl (C=O) groups is 4. The molecule has 2 saturated heterocycles. The number of aryl methyl sites for hydroxylation is 1. The summed E-state index contributed by atoms with van der Waals surface area (Å²) in [6, 6.07) is -1.32. The third-order valence-electron chi connectivity index (χ3n) is 11.7. The van der Waals surface area contributed by atoms with E-state index in [1.165, 1.54) is 25.2 Å². The van der Waals surface area contributed by atoms with Crippen LogP contribution < -0.4 is 16.0 Å². The first-order valence-electron chi connectivity index (χ1n) is 20.2. The SMILES string of the molecule is CCC1CC(C(=O)NCNC(=O)c2nc(C)cs2)C[C@@H](O[C@@H]2OC(CO)[C@H](O)C(O[C@@H](CC3CCCCC3)C(=O)O)C2NC(C)=O)C1OC1O[C@@H](C)C(O)C(O)[C@@H]1O. The van der Waals surface area contributed by atoms with Crippen LogP contribution in [0.4, 0.5) is 0 Å². The zero-order chi connectivity index (χ0) is 42.3. The number of ether oxygens (including phenoxy) is 5. The second-order valence-electron chi connectivity index (χ2n) is 15.9. The van der Waals surface area contributed by atoms with E-state index in [1.54, 1.807) is 12.3 Å². The molecule has 0 bridgehead atoms. The molecule has 0 radical (unpaired) electrons. The van der Waals surface area contributed by atoms with Crippen LogP contribution in [0.5, 0.6) is 0 Å². The van der Waals surface area contributed by atoms with E-state index in [1.807, 2.05) is 6.92 Å². The summed E-state index contributed by atoms with van der Waals surface area (Å²) in [6.07, 6.45) is -10.9. The van der Waals surface area contributed by atoms with Gasteiger partial charge in [-0.3, -0.25) is 14.4 Å². The Labute approximate surface area is 341 Å². The van der Waals surface area contributed by atoms with Gasteiger partial charge in [-0.25, -0.2) is 9.78 Å². The Hall–Kier alpha value is -2.89. The van der Waals surface area contributed by atoms with E-state index < -0.39 is 122 Å². The zero-order valence-corrected chi connectivity index (χ0v) is 34.1. The minimum absolute atomic E-state index is 0.0415. The Morgan fingerprint density at radius 1 is 0.948 bits per heavy atom. The number of aromatic nitrogens is 1. The monoisotopic (exact) mass is 844 g/mol. The van der Waals surface area contributed by atoms with Gasteiger partial charge in [-0.05, 0) is 44.9 Å². The van der Waals surface area contributed by atoms with E-state index >= 15 is 0 Å². The molecule has 20 heteroatoms. The molecule has 2 aliphatic heterocycles. The molecule has 9 unspecified atom stereocenters. The summed E-state index contributed by atoms with van der Waals surface area (Å²) in [4.78, 5) is 55.7. The molecule has 58 heavy (non-hydrogen) atoms. The lowest BCUT2D eigenvalue weighted by Crippen LogP contribution is -2.67. The Kier molecular flexibility index (Phi) is 16.8. The maximum Gasteiger partial charge on any atom is 0.332 e. The summed E-state index contributed by atoms with van der Waals surface area (Å²) in [5.74, 6) is -3.85. The third kappa shape index (κ3) is 11.5. The van der Waals surface area contributed by atoms with E-state index in [4.69, 9.17) is 23.7 Å². The average Bonchev–Trinajstić information content (AvgIpc) is 3.64. The van der Waals surface area contributed by atoms with Crippen LogP contribution in [0.25, 0.3) is 0 Å². The number of carbonyl (C=O) groups excluding carboxylic acids is 3. The summed E-state index contributed by atoms with van der Waals surface area (Å²) < 4.78 is 31.0. The van der Waals surface area contributed by atoms with Crippen LogP contribution in [0.1, 0.15) is 94.1 Å². The lowest BCUT2D eigenvalue weighted by molar-refractivity contribution is -0.338. The normalized spacial score (nSPS) is 36.4. The first-order valence-corrected chi connectivity index (χ1v) is 21.1. The van der Waals surface area contributed by atoms with Gasteiger partial charge >= 0.3 is 5.97 Å². The summed E-state index contributed by atoms with van der Waals surface area (Å²) in [5.41, 5.74) is 0.683. The third-order valence-corrected chi connectivity index (χ3v) is 12.6. The zero-order valence-electron chi connectivity index (χ0n) is 33.3. The number of aliphatic hydroxyl groups is 5. The van der Waals surface area contributed by atoms with Gasteiger partial charge in [0.25, 0.3) is 5.91 Å². The van der Waals surface area contributed by atoms with Gasteiger partial charge in [0.15, 0.2) is 23.7 Å². The molecule has 19 nitrogen and oxygen atoms in total. The highest BCUT2D eigenvalue weighted by Crippen LogP contribution is 2.40. The molecule has 1 aromatic heterocycles. The maximum absolute atomic E-state index is 13.7. The highest BCUT2D eigenvalue weighted by atomic mass is 32.1. The molecule has 15 atom stereocenters. The molecule has 3 heterocycles. The largest absolute Gasteiger partial charge is 0.479 e. The fourth-order valence-corrected chi connectivity index (χ4v) is 9.18. The molecule has 1 aromatic rings. The summed E-state index contributed by atoms with van der Waals surface area (Å²) >= 11 is 1.17. The van der Waals surface area contributed by atoms with Gasteiger partial charge in [-0.15, -0.1) is 11.3 Å². The van der Waals surface area contributed by atoms with Crippen molar-refractivity contribution in [2.45, 2.75) is 165 Å². The predicted molar refractivity (Wildman–Crippen MR) is 203 cm³/mol. The van der Waals surface area contributed by atoms with Crippen molar-refractivity contribution < 1.29 is 73.5 Å². The molecule has 2 saturated carbocycles. The highest BCUT2D eigenvalue weighted by molar-refractivity contribution is 7.11. The van der Waals surface area contributed by atoms with Crippen molar-refractivity contribution >= 4 is 35.0 Å². The molecule has 5 rings (SSSR count). The first kappa shape index (κ1) is 46.2. The average molecular weight is 845 g/mol. The van der Waals surface area contributed by atoms with Crippen molar-refractivity contribution in [3.05, 3.63) is 16.1 Å². The summed E-state index contributed by atoms with van der Waals surface area (Å²) in [7, 11) is 0.